The van der Waals surface area contributed by atoms with Crippen LogP contribution in [0.4, 0.5) is 0 Å². The minimum Gasteiger partial charge on any atom is -0.496 e. The first-order valence-corrected chi connectivity index (χ1v) is 7.80. The molecule has 2 aromatic rings. The molecule has 0 radical (unpaired) electrons. The fourth-order valence-electron chi connectivity index (χ4n) is 2.46. The molecular weight excluding hydrogens is 312 g/mol. The molecule has 1 amide bonds. The van der Waals surface area contributed by atoms with Gasteiger partial charge in [-0.05, 0) is 25.8 Å². The highest BCUT2D eigenvalue weighted by Crippen LogP contribution is 2.45. The Morgan fingerprint density at radius 1 is 1.30 bits per heavy atom. The number of fused-ring (bicyclic) bond motifs is 1. The molecular formula is C17H20N2O3S. The molecule has 122 valence electrons. The fraction of sp³-hybridized carbons (Fsp3) is 0.294. The van der Waals surface area contributed by atoms with E-state index in [0.717, 1.165) is 27.0 Å². The van der Waals surface area contributed by atoms with Crippen LogP contribution in [0.3, 0.4) is 0 Å². The van der Waals surface area contributed by atoms with Crippen molar-refractivity contribution in [3.8, 4) is 11.5 Å². The molecule has 0 aliphatic carbocycles. The van der Waals surface area contributed by atoms with Crippen LogP contribution in [0.25, 0.3) is 16.2 Å². The molecule has 1 heterocycles. The Kier molecular flexibility index (Phi) is 5.05. The number of carbonyl (C=O) groups is 1. The molecule has 0 unspecified atom stereocenters. The fourth-order valence-corrected chi connectivity index (χ4v) is 3.68. The van der Waals surface area contributed by atoms with Crippen molar-refractivity contribution in [2.45, 2.75) is 6.92 Å². The number of rotatable bonds is 5. The summed E-state index contributed by atoms with van der Waals surface area (Å²) in [4.78, 5) is 18.2. The first kappa shape index (κ1) is 17.0. The van der Waals surface area contributed by atoms with E-state index in [2.05, 4.69) is 11.7 Å². The van der Waals surface area contributed by atoms with Gasteiger partial charge in [0.05, 0.1) is 23.8 Å². The van der Waals surface area contributed by atoms with Crippen LogP contribution < -0.4 is 9.47 Å². The smallest absolute Gasteiger partial charge is 0.263 e. The Hall–Kier alpha value is -2.34. The molecule has 0 bridgehead atoms. The van der Waals surface area contributed by atoms with Crippen LogP contribution in [0, 0.1) is 6.92 Å². The number of hydrogen-bond acceptors (Lipinski definition) is 5. The van der Waals surface area contributed by atoms with Gasteiger partial charge in [-0.3, -0.25) is 9.79 Å². The molecule has 0 atom stereocenters. The summed E-state index contributed by atoms with van der Waals surface area (Å²) in [5.74, 6) is 1.40. The maximum Gasteiger partial charge on any atom is 0.263 e. The van der Waals surface area contributed by atoms with Gasteiger partial charge in [-0.15, -0.1) is 11.3 Å². The molecule has 0 aliphatic heterocycles. The Labute approximate surface area is 139 Å². The SMILES string of the molecule is C=N/C=C\c1c(C)c(OC)c2cc(C(=O)N(C)C)sc2c1OC. The summed E-state index contributed by atoms with van der Waals surface area (Å²) < 4.78 is 12.1. The average Bonchev–Trinajstić information content (AvgIpc) is 2.96. The zero-order chi connectivity index (χ0) is 17.1. The van der Waals surface area contributed by atoms with Gasteiger partial charge in [0, 0.05) is 36.8 Å². The third-order valence-electron chi connectivity index (χ3n) is 3.54. The predicted molar refractivity (Wildman–Crippen MR) is 96.3 cm³/mol. The predicted octanol–water partition coefficient (Wildman–Crippen LogP) is 3.60. The summed E-state index contributed by atoms with van der Waals surface area (Å²) in [6, 6.07) is 1.86. The molecule has 0 saturated carbocycles. The van der Waals surface area contributed by atoms with Crippen molar-refractivity contribution in [2.75, 3.05) is 28.3 Å². The van der Waals surface area contributed by atoms with Gasteiger partial charge >= 0.3 is 0 Å². The van der Waals surface area contributed by atoms with Crippen LogP contribution in [-0.2, 0) is 0 Å². The third-order valence-corrected chi connectivity index (χ3v) is 4.67. The number of ether oxygens (including phenoxy) is 2. The van der Waals surface area contributed by atoms with E-state index in [9.17, 15) is 4.79 Å². The van der Waals surface area contributed by atoms with Crippen LogP contribution in [0.2, 0.25) is 0 Å². The molecule has 0 fully saturated rings. The van der Waals surface area contributed by atoms with Crippen molar-refractivity contribution in [3.63, 3.8) is 0 Å². The number of amides is 1. The zero-order valence-corrected chi connectivity index (χ0v) is 14.8. The summed E-state index contributed by atoms with van der Waals surface area (Å²) >= 11 is 1.39. The first-order valence-electron chi connectivity index (χ1n) is 6.98. The standard InChI is InChI=1S/C17H20N2O3S/c1-10-11(7-8-18-2)15(22-6)16-12(14(10)21-5)9-13(23-16)17(20)19(3)4/h7-9H,2H2,1,3-6H3/b8-7-. The summed E-state index contributed by atoms with van der Waals surface area (Å²) in [6.45, 7) is 5.41. The lowest BCUT2D eigenvalue weighted by Crippen LogP contribution is -2.20. The minimum atomic E-state index is -0.0437. The number of carbonyl (C=O) groups excluding carboxylic acids is 1. The van der Waals surface area contributed by atoms with Crippen LogP contribution in [0.15, 0.2) is 17.3 Å². The van der Waals surface area contributed by atoms with E-state index < -0.39 is 0 Å². The number of hydrogen-bond donors (Lipinski definition) is 0. The van der Waals surface area contributed by atoms with E-state index in [1.54, 1.807) is 39.4 Å². The normalized spacial score (nSPS) is 11.0. The monoisotopic (exact) mass is 332 g/mol. The second-order valence-electron chi connectivity index (χ2n) is 5.16. The van der Waals surface area contributed by atoms with E-state index >= 15 is 0 Å². The highest BCUT2D eigenvalue weighted by molar-refractivity contribution is 7.21. The van der Waals surface area contributed by atoms with E-state index in [-0.39, 0.29) is 5.91 Å². The number of nitrogens with zero attached hydrogens (tertiary/aromatic N) is 2. The Bertz CT molecular complexity index is 791. The van der Waals surface area contributed by atoms with Gasteiger partial charge in [-0.2, -0.15) is 0 Å². The van der Waals surface area contributed by atoms with Crippen molar-refractivity contribution >= 4 is 40.1 Å². The molecule has 6 heteroatoms. The first-order chi connectivity index (χ1) is 11.0. The minimum absolute atomic E-state index is 0.0437. The summed E-state index contributed by atoms with van der Waals surface area (Å²) in [6.07, 6.45) is 3.44. The topological polar surface area (TPSA) is 51.1 Å². The Morgan fingerprint density at radius 3 is 2.48 bits per heavy atom. The third kappa shape index (κ3) is 2.94. The van der Waals surface area contributed by atoms with Crippen molar-refractivity contribution in [2.24, 2.45) is 4.99 Å². The molecule has 2 rings (SSSR count). The lowest BCUT2D eigenvalue weighted by atomic mass is 10.0. The number of thiophene rings is 1. The molecule has 1 aromatic carbocycles. The van der Waals surface area contributed by atoms with E-state index in [0.29, 0.717) is 10.6 Å². The number of methoxy groups -OCH3 is 2. The van der Waals surface area contributed by atoms with Gasteiger partial charge in [-0.25, -0.2) is 0 Å². The molecule has 0 aliphatic rings. The molecule has 0 saturated heterocycles. The molecule has 5 nitrogen and oxygen atoms in total. The average molecular weight is 332 g/mol. The molecule has 23 heavy (non-hydrogen) atoms. The summed E-state index contributed by atoms with van der Waals surface area (Å²) in [5, 5.41) is 0.876. The summed E-state index contributed by atoms with van der Waals surface area (Å²) in [7, 11) is 6.71. The van der Waals surface area contributed by atoms with E-state index in [1.807, 2.05) is 19.1 Å². The van der Waals surface area contributed by atoms with Crippen molar-refractivity contribution in [3.05, 3.63) is 28.3 Å². The lowest BCUT2D eigenvalue weighted by Gasteiger charge is -2.14. The molecule has 1 aromatic heterocycles. The number of aliphatic imine (C=N–C) groups is 1. The largest absolute Gasteiger partial charge is 0.496 e. The van der Waals surface area contributed by atoms with Gasteiger partial charge in [0.1, 0.15) is 11.5 Å². The molecule has 0 N–H and O–H groups in total. The maximum absolute atomic E-state index is 12.3. The van der Waals surface area contributed by atoms with Gasteiger partial charge in [0.15, 0.2) is 0 Å². The van der Waals surface area contributed by atoms with Gasteiger partial charge in [0.25, 0.3) is 5.91 Å². The Balaban J connectivity index is 2.84. The van der Waals surface area contributed by atoms with Crippen LogP contribution in [0.1, 0.15) is 20.8 Å². The summed E-state index contributed by atoms with van der Waals surface area (Å²) in [5.41, 5.74) is 1.80. The van der Waals surface area contributed by atoms with Crippen molar-refractivity contribution in [1.29, 1.82) is 0 Å². The van der Waals surface area contributed by atoms with Crippen LogP contribution in [-0.4, -0.2) is 45.8 Å². The molecule has 0 spiro atoms. The van der Waals surface area contributed by atoms with E-state index in [4.69, 9.17) is 9.47 Å². The maximum atomic E-state index is 12.3. The highest BCUT2D eigenvalue weighted by Gasteiger charge is 2.22. The van der Waals surface area contributed by atoms with Gasteiger partial charge in [0.2, 0.25) is 0 Å². The second kappa shape index (κ2) is 6.83. The number of benzene rings is 1. The second-order valence-corrected chi connectivity index (χ2v) is 6.21. The highest BCUT2D eigenvalue weighted by atomic mass is 32.1. The Morgan fingerprint density at radius 2 is 1.96 bits per heavy atom. The zero-order valence-electron chi connectivity index (χ0n) is 14.0. The van der Waals surface area contributed by atoms with Gasteiger partial charge in [-0.1, -0.05) is 0 Å². The quantitative estimate of drug-likeness (QED) is 0.786. The van der Waals surface area contributed by atoms with Crippen LogP contribution >= 0.6 is 11.3 Å². The van der Waals surface area contributed by atoms with E-state index in [1.165, 1.54) is 11.3 Å². The van der Waals surface area contributed by atoms with Crippen molar-refractivity contribution in [1.82, 2.24) is 4.90 Å². The van der Waals surface area contributed by atoms with Crippen LogP contribution in [0.5, 0.6) is 11.5 Å². The van der Waals surface area contributed by atoms with Gasteiger partial charge < -0.3 is 14.4 Å². The lowest BCUT2D eigenvalue weighted by molar-refractivity contribution is 0.0832. The van der Waals surface area contributed by atoms with Crippen molar-refractivity contribution < 1.29 is 14.3 Å².